The van der Waals surface area contributed by atoms with E-state index >= 15 is 0 Å². The van der Waals surface area contributed by atoms with Crippen LogP contribution in [0.5, 0.6) is 5.88 Å². The Morgan fingerprint density at radius 3 is 2.59 bits per heavy atom. The van der Waals surface area contributed by atoms with Gasteiger partial charge in [-0.05, 0) is 34.1 Å². The molecule has 3 nitrogen and oxygen atoms in total. The molecule has 0 aliphatic heterocycles. The number of pyridine rings is 1. The average molecular weight is 313 g/mol. The molecule has 0 aliphatic rings. The van der Waals surface area contributed by atoms with E-state index in [1.807, 2.05) is 0 Å². The standard InChI is InChI=1S/C10H12BrF3N2O/c1-3-15-8(10(12,13)14)6-4-7(11)9(17-2)16-5-6/h4-5,8,15H,3H2,1-2H3. The molecule has 1 heterocycles. The molecule has 1 aromatic rings. The normalized spacial score (nSPS) is 13.5. The van der Waals surface area contributed by atoms with Gasteiger partial charge in [-0.25, -0.2) is 4.98 Å². The fourth-order valence-corrected chi connectivity index (χ4v) is 1.90. The molecule has 0 bridgehead atoms. The topological polar surface area (TPSA) is 34.2 Å². The minimum absolute atomic E-state index is 0.0482. The van der Waals surface area contributed by atoms with Crippen LogP contribution in [-0.4, -0.2) is 24.8 Å². The predicted octanol–water partition coefficient (Wildman–Crippen LogP) is 3.07. The van der Waals surface area contributed by atoms with Crippen molar-refractivity contribution < 1.29 is 17.9 Å². The van der Waals surface area contributed by atoms with E-state index in [2.05, 4.69) is 26.2 Å². The molecule has 0 fully saturated rings. The number of hydrogen-bond acceptors (Lipinski definition) is 3. The van der Waals surface area contributed by atoms with Gasteiger partial charge in [0, 0.05) is 6.20 Å². The molecule has 0 saturated carbocycles. The lowest BCUT2D eigenvalue weighted by Gasteiger charge is -2.21. The summed E-state index contributed by atoms with van der Waals surface area (Å²) in [5, 5.41) is 2.38. The summed E-state index contributed by atoms with van der Waals surface area (Å²) >= 11 is 3.11. The van der Waals surface area contributed by atoms with Crippen molar-refractivity contribution in [1.82, 2.24) is 10.3 Å². The molecule has 0 radical (unpaired) electrons. The highest BCUT2D eigenvalue weighted by atomic mass is 79.9. The van der Waals surface area contributed by atoms with Crippen LogP contribution in [0.2, 0.25) is 0 Å². The van der Waals surface area contributed by atoms with E-state index < -0.39 is 12.2 Å². The lowest BCUT2D eigenvalue weighted by atomic mass is 10.1. The molecule has 96 valence electrons. The first-order valence-electron chi connectivity index (χ1n) is 4.89. The molecule has 7 heteroatoms. The Bertz CT molecular complexity index is 384. The zero-order chi connectivity index (χ0) is 13.1. The molecule has 0 saturated heterocycles. The van der Waals surface area contributed by atoms with Crippen LogP contribution in [0, 0.1) is 0 Å². The summed E-state index contributed by atoms with van der Waals surface area (Å²) in [6.45, 7) is 1.83. The third-order valence-electron chi connectivity index (χ3n) is 2.09. The summed E-state index contributed by atoms with van der Waals surface area (Å²) in [6, 6.07) is -0.366. The molecule has 0 spiro atoms. The van der Waals surface area contributed by atoms with Crippen molar-refractivity contribution in [3.63, 3.8) is 0 Å². The first kappa shape index (κ1) is 14.2. The zero-order valence-electron chi connectivity index (χ0n) is 9.31. The molecular weight excluding hydrogens is 301 g/mol. The molecule has 1 unspecified atom stereocenters. The highest BCUT2D eigenvalue weighted by molar-refractivity contribution is 9.10. The Labute approximate surface area is 106 Å². The van der Waals surface area contributed by atoms with Gasteiger partial charge in [0.1, 0.15) is 6.04 Å². The summed E-state index contributed by atoms with van der Waals surface area (Å²) in [4.78, 5) is 3.80. The van der Waals surface area contributed by atoms with Crippen molar-refractivity contribution in [2.45, 2.75) is 19.1 Å². The van der Waals surface area contributed by atoms with Gasteiger partial charge in [0.05, 0.1) is 11.6 Å². The van der Waals surface area contributed by atoms with Crippen LogP contribution in [0.25, 0.3) is 0 Å². The second kappa shape index (κ2) is 5.68. The van der Waals surface area contributed by atoms with Gasteiger partial charge in [0.25, 0.3) is 0 Å². The summed E-state index contributed by atoms with van der Waals surface area (Å²) in [5.74, 6) is 0.256. The average Bonchev–Trinajstić information content (AvgIpc) is 2.24. The number of ether oxygens (including phenoxy) is 1. The summed E-state index contributed by atoms with van der Waals surface area (Å²) in [7, 11) is 1.40. The second-order valence-corrected chi connectivity index (χ2v) is 4.15. The third kappa shape index (κ3) is 3.57. The number of methoxy groups -OCH3 is 1. The number of rotatable bonds is 4. The van der Waals surface area contributed by atoms with Gasteiger partial charge in [-0.2, -0.15) is 13.2 Å². The number of alkyl halides is 3. The molecule has 1 atom stereocenters. The van der Waals surface area contributed by atoms with Crippen molar-refractivity contribution >= 4 is 15.9 Å². The van der Waals surface area contributed by atoms with E-state index in [0.717, 1.165) is 6.20 Å². The highest BCUT2D eigenvalue weighted by Crippen LogP contribution is 2.34. The fraction of sp³-hybridized carbons (Fsp3) is 0.500. The second-order valence-electron chi connectivity index (χ2n) is 3.29. The van der Waals surface area contributed by atoms with Gasteiger partial charge in [0.15, 0.2) is 0 Å². The minimum Gasteiger partial charge on any atom is -0.480 e. The Morgan fingerprint density at radius 2 is 2.18 bits per heavy atom. The van der Waals surface area contributed by atoms with E-state index in [0.29, 0.717) is 4.47 Å². The van der Waals surface area contributed by atoms with Crippen LogP contribution < -0.4 is 10.1 Å². The first-order valence-corrected chi connectivity index (χ1v) is 5.69. The maximum atomic E-state index is 12.8. The number of aromatic nitrogens is 1. The molecular formula is C10H12BrF3N2O. The highest BCUT2D eigenvalue weighted by Gasteiger charge is 2.40. The van der Waals surface area contributed by atoms with Gasteiger partial charge in [0.2, 0.25) is 5.88 Å². The van der Waals surface area contributed by atoms with E-state index in [9.17, 15) is 13.2 Å². The van der Waals surface area contributed by atoms with Crippen LogP contribution in [0.1, 0.15) is 18.5 Å². The van der Waals surface area contributed by atoms with Crippen molar-refractivity contribution in [2.24, 2.45) is 0 Å². The lowest BCUT2D eigenvalue weighted by Crippen LogP contribution is -2.34. The Balaban J connectivity index is 3.07. The molecule has 17 heavy (non-hydrogen) atoms. The Morgan fingerprint density at radius 1 is 1.53 bits per heavy atom. The first-order chi connectivity index (χ1) is 7.90. The van der Waals surface area contributed by atoms with Gasteiger partial charge in [-0.1, -0.05) is 6.92 Å². The maximum Gasteiger partial charge on any atom is 0.407 e. The van der Waals surface area contributed by atoms with Crippen molar-refractivity contribution in [1.29, 1.82) is 0 Å². The molecule has 0 amide bonds. The molecule has 1 N–H and O–H groups in total. The molecule has 1 rings (SSSR count). The summed E-state index contributed by atoms with van der Waals surface area (Å²) in [6.07, 6.45) is -3.20. The van der Waals surface area contributed by atoms with E-state index in [1.165, 1.54) is 13.2 Å². The smallest absolute Gasteiger partial charge is 0.407 e. The van der Waals surface area contributed by atoms with Gasteiger partial charge in [-0.3, -0.25) is 0 Å². The Hall–Kier alpha value is -0.820. The summed E-state index contributed by atoms with van der Waals surface area (Å²) < 4.78 is 43.6. The zero-order valence-corrected chi connectivity index (χ0v) is 10.9. The van der Waals surface area contributed by atoms with Gasteiger partial charge < -0.3 is 10.1 Å². The SMILES string of the molecule is CCNC(c1cnc(OC)c(Br)c1)C(F)(F)F. The van der Waals surface area contributed by atoms with Crippen LogP contribution >= 0.6 is 15.9 Å². The van der Waals surface area contributed by atoms with E-state index in [1.54, 1.807) is 6.92 Å². The van der Waals surface area contributed by atoms with E-state index in [4.69, 9.17) is 4.74 Å². The van der Waals surface area contributed by atoms with Crippen LogP contribution in [-0.2, 0) is 0 Å². The monoisotopic (exact) mass is 312 g/mol. The van der Waals surface area contributed by atoms with Crippen LogP contribution in [0.15, 0.2) is 16.7 Å². The van der Waals surface area contributed by atoms with Crippen molar-refractivity contribution in [3.8, 4) is 5.88 Å². The van der Waals surface area contributed by atoms with Crippen LogP contribution in [0.4, 0.5) is 13.2 Å². The third-order valence-corrected chi connectivity index (χ3v) is 2.66. The number of halogens is 4. The van der Waals surface area contributed by atoms with E-state index in [-0.39, 0.29) is 18.0 Å². The van der Waals surface area contributed by atoms with Crippen molar-refractivity contribution in [2.75, 3.05) is 13.7 Å². The maximum absolute atomic E-state index is 12.8. The van der Waals surface area contributed by atoms with Crippen molar-refractivity contribution in [3.05, 3.63) is 22.3 Å². The van der Waals surface area contributed by atoms with Gasteiger partial charge >= 0.3 is 6.18 Å². The lowest BCUT2D eigenvalue weighted by molar-refractivity contribution is -0.157. The molecule has 0 aliphatic carbocycles. The minimum atomic E-state index is -4.36. The molecule has 0 aromatic carbocycles. The Kier molecular flexibility index (Phi) is 4.76. The number of nitrogens with zero attached hydrogens (tertiary/aromatic N) is 1. The van der Waals surface area contributed by atoms with Gasteiger partial charge in [-0.15, -0.1) is 0 Å². The van der Waals surface area contributed by atoms with Crippen LogP contribution in [0.3, 0.4) is 0 Å². The summed E-state index contributed by atoms with van der Waals surface area (Å²) in [5.41, 5.74) is 0.0482. The fourth-order valence-electron chi connectivity index (χ4n) is 1.37. The molecule has 1 aromatic heterocycles. The quantitative estimate of drug-likeness (QED) is 0.928. The largest absolute Gasteiger partial charge is 0.480 e. The predicted molar refractivity (Wildman–Crippen MR) is 61.0 cm³/mol. The number of hydrogen-bond donors (Lipinski definition) is 1. The number of nitrogens with one attached hydrogen (secondary N) is 1.